The van der Waals surface area contributed by atoms with Gasteiger partial charge in [0.2, 0.25) is 11.5 Å². The van der Waals surface area contributed by atoms with Crippen molar-refractivity contribution in [3.63, 3.8) is 0 Å². The number of Topliss-reactive ketones (excluding diaryl/α,β-unsaturated/α-hetero) is 1. The van der Waals surface area contributed by atoms with E-state index in [0.29, 0.717) is 11.1 Å². The number of nitrogens with one attached hydrogen (secondary N) is 1. The van der Waals surface area contributed by atoms with Crippen molar-refractivity contribution in [2.24, 2.45) is 0 Å². The lowest BCUT2D eigenvalue weighted by Crippen LogP contribution is -2.23. The molecule has 0 bridgehead atoms. The molecular weight excluding hydrogens is 182 g/mol. The fourth-order valence-electron chi connectivity index (χ4n) is 1.38. The maximum absolute atomic E-state index is 11.2. The molecule has 1 aromatic carbocycles. The largest absolute Gasteiger partial charge is 0.504 e. The molecule has 0 unspecified atom stereocenters. The standard InChI is InChI=1S/C10H7NO3/c11-7-5-3-1-2-4-6(5)8(12)10(14)9(7)13/h1-4,11-12,14H. The van der Waals surface area contributed by atoms with Gasteiger partial charge in [0.15, 0.2) is 5.76 Å². The van der Waals surface area contributed by atoms with Crippen LogP contribution < -0.4 is 0 Å². The van der Waals surface area contributed by atoms with Crippen LogP contribution in [0.25, 0.3) is 5.76 Å². The molecule has 0 aliphatic heterocycles. The fraction of sp³-hybridized carbons (Fsp3) is 0. The van der Waals surface area contributed by atoms with Gasteiger partial charge >= 0.3 is 0 Å². The van der Waals surface area contributed by atoms with E-state index in [4.69, 9.17) is 5.41 Å². The first-order chi connectivity index (χ1) is 6.63. The third kappa shape index (κ3) is 0.939. The minimum atomic E-state index is -0.846. The van der Waals surface area contributed by atoms with Crippen LogP contribution in [0.15, 0.2) is 30.0 Å². The van der Waals surface area contributed by atoms with E-state index in [1.54, 1.807) is 24.3 Å². The van der Waals surface area contributed by atoms with Crippen molar-refractivity contribution in [1.82, 2.24) is 0 Å². The van der Waals surface area contributed by atoms with Crippen LogP contribution in [0.2, 0.25) is 0 Å². The summed E-state index contributed by atoms with van der Waals surface area (Å²) < 4.78 is 0. The zero-order valence-electron chi connectivity index (χ0n) is 7.11. The summed E-state index contributed by atoms with van der Waals surface area (Å²) in [5.41, 5.74) is 0.360. The van der Waals surface area contributed by atoms with E-state index in [9.17, 15) is 15.0 Å². The number of carbonyl (C=O) groups is 1. The monoisotopic (exact) mass is 189 g/mol. The average Bonchev–Trinajstić information content (AvgIpc) is 2.23. The van der Waals surface area contributed by atoms with Crippen molar-refractivity contribution in [3.05, 3.63) is 41.2 Å². The Labute approximate surface area is 79.6 Å². The summed E-state index contributed by atoms with van der Waals surface area (Å²) in [6, 6.07) is 6.42. The van der Waals surface area contributed by atoms with Crippen molar-refractivity contribution < 1.29 is 15.0 Å². The van der Waals surface area contributed by atoms with Gasteiger partial charge < -0.3 is 10.2 Å². The van der Waals surface area contributed by atoms with Crippen LogP contribution in [0.4, 0.5) is 0 Å². The van der Waals surface area contributed by atoms with Crippen molar-refractivity contribution >= 4 is 17.3 Å². The van der Waals surface area contributed by atoms with Gasteiger partial charge in [-0.2, -0.15) is 0 Å². The Hall–Kier alpha value is -2.10. The minimum absolute atomic E-state index is 0.295. The number of benzene rings is 1. The average molecular weight is 189 g/mol. The van der Waals surface area contributed by atoms with Crippen LogP contribution in [-0.2, 0) is 4.79 Å². The van der Waals surface area contributed by atoms with Crippen LogP contribution in [0.5, 0.6) is 0 Å². The zero-order valence-corrected chi connectivity index (χ0v) is 7.11. The molecule has 14 heavy (non-hydrogen) atoms. The predicted octanol–water partition coefficient (Wildman–Crippen LogP) is 1.42. The Morgan fingerprint density at radius 2 is 1.57 bits per heavy atom. The number of allylic oxidation sites excluding steroid dienone is 1. The first-order valence-electron chi connectivity index (χ1n) is 3.98. The van der Waals surface area contributed by atoms with E-state index in [2.05, 4.69) is 0 Å². The van der Waals surface area contributed by atoms with E-state index in [1.807, 2.05) is 0 Å². The van der Waals surface area contributed by atoms with Crippen molar-refractivity contribution in [1.29, 1.82) is 5.41 Å². The highest BCUT2D eigenvalue weighted by atomic mass is 16.3. The molecule has 0 saturated heterocycles. The van der Waals surface area contributed by atoms with Gasteiger partial charge in [0, 0.05) is 11.1 Å². The zero-order chi connectivity index (χ0) is 10.3. The first kappa shape index (κ1) is 8.50. The number of fused-ring (bicyclic) bond motifs is 1. The second-order valence-electron chi connectivity index (χ2n) is 2.95. The lowest BCUT2D eigenvalue weighted by Gasteiger charge is -2.15. The van der Waals surface area contributed by atoms with Gasteiger partial charge in [-0.1, -0.05) is 24.3 Å². The van der Waals surface area contributed by atoms with Crippen LogP contribution in [0.3, 0.4) is 0 Å². The molecule has 70 valence electrons. The third-order valence-corrected chi connectivity index (χ3v) is 2.12. The molecule has 4 heteroatoms. The Morgan fingerprint density at radius 1 is 1.00 bits per heavy atom. The van der Waals surface area contributed by atoms with Crippen molar-refractivity contribution in [3.8, 4) is 0 Å². The van der Waals surface area contributed by atoms with Crippen molar-refractivity contribution in [2.45, 2.75) is 0 Å². The van der Waals surface area contributed by atoms with Gasteiger partial charge in [0.05, 0.1) is 0 Å². The molecule has 0 saturated carbocycles. The minimum Gasteiger partial charge on any atom is -0.504 e. The topological polar surface area (TPSA) is 81.4 Å². The normalized spacial score (nSPS) is 15.7. The fourth-order valence-corrected chi connectivity index (χ4v) is 1.38. The SMILES string of the molecule is N=C1C(=O)C(O)=C(O)c2ccccc21. The lowest BCUT2D eigenvalue weighted by atomic mass is 9.92. The quantitative estimate of drug-likeness (QED) is 0.577. The summed E-state index contributed by atoms with van der Waals surface area (Å²) in [6.07, 6.45) is 0. The van der Waals surface area contributed by atoms with E-state index in [0.717, 1.165) is 0 Å². The molecule has 1 aliphatic rings. The summed E-state index contributed by atoms with van der Waals surface area (Å²) in [4.78, 5) is 11.2. The van der Waals surface area contributed by atoms with Gasteiger partial charge in [-0.25, -0.2) is 0 Å². The number of aliphatic hydroxyl groups is 2. The second kappa shape index (κ2) is 2.70. The molecule has 0 fully saturated rings. The summed E-state index contributed by atoms with van der Waals surface area (Å²) in [7, 11) is 0. The number of hydrogen-bond acceptors (Lipinski definition) is 4. The van der Waals surface area contributed by atoms with Gasteiger partial charge in [0.25, 0.3) is 0 Å². The van der Waals surface area contributed by atoms with E-state index in [1.165, 1.54) is 0 Å². The lowest BCUT2D eigenvalue weighted by molar-refractivity contribution is -0.112. The number of carbonyl (C=O) groups excluding carboxylic acids is 1. The van der Waals surface area contributed by atoms with Gasteiger partial charge in [-0.05, 0) is 0 Å². The molecule has 0 aromatic heterocycles. The molecule has 0 atom stereocenters. The summed E-state index contributed by atoms with van der Waals surface area (Å²) in [6.45, 7) is 0. The molecular formula is C10H7NO3. The summed E-state index contributed by atoms with van der Waals surface area (Å²) in [5, 5.41) is 26.1. The van der Waals surface area contributed by atoms with Crippen molar-refractivity contribution in [2.75, 3.05) is 0 Å². The number of hydrogen-bond donors (Lipinski definition) is 3. The second-order valence-corrected chi connectivity index (χ2v) is 2.95. The molecule has 0 amide bonds. The predicted molar refractivity (Wildman–Crippen MR) is 50.5 cm³/mol. The highest BCUT2D eigenvalue weighted by Crippen LogP contribution is 2.25. The van der Waals surface area contributed by atoms with Crippen LogP contribution in [0, 0.1) is 5.41 Å². The molecule has 1 aromatic rings. The van der Waals surface area contributed by atoms with Crippen LogP contribution >= 0.6 is 0 Å². The Balaban J connectivity index is 2.78. The number of rotatable bonds is 0. The van der Waals surface area contributed by atoms with Crippen LogP contribution in [-0.4, -0.2) is 21.7 Å². The molecule has 4 nitrogen and oxygen atoms in total. The van der Waals surface area contributed by atoms with E-state index < -0.39 is 17.3 Å². The van der Waals surface area contributed by atoms with Crippen LogP contribution in [0.1, 0.15) is 11.1 Å². The molecule has 0 heterocycles. The molecule has 2 rings (SSSR count). The Bertz CT molecular complexity index is 474. The maximum atomic E-state index is 11.2. The van der Waals surface area contributed by atoms with E-state index >= 15 is 0 Å². The Kier molecular flexibility index (Phi) is 1.64. The third-order valence-electron chi connectivity index (χ3n) is 2.12. The molecule has 0 radical (unpaired) electrons. The number of ketones is 1. The summed E-state index contributed by atoms with van der Waals surface area (Å²) in [5.74, 6) is -2.06. The molecule has 0 spiro atoms. The maximum Gasteiger partial charge on any atom is 0.249 e. The molecule has 1 aliphatic carbocycles. The summed E-state index contributed by atoms with van der Waals surface area (Å²) >= 11 is 0. The number of aliphatic hydroxyl groups excluding tert-OH is 2. The highest BCUT2D eigenvalue weighted by Gasteiger charge is 2.29. The molecule has 3 N–H and O–H groups in total. The first-order valence-corrected chi connectivity index (χ1v) is 3.98. The smallest absolute Gasteiger partial charge is 0.249 e. The van der Waals surface area contributed by atoms with Gasteiger partial charge in [0.1, 0.15) is 5.71 Å². The Morgan fingerprint density at radius 3 is 2.21 bits per heavy atom. The highest BCUT2D eigenvalue weighted by molar-refractivity contribution is 6.52. The van der Waals surface area contributed by atoms with E-state index in [-0.39, 0.29) is 5.71 Å². The van der Waals surface area contributed by atoms with Gasteiger partial charge in [-0.15, -0.1) is 0 Å². The van der Waals surface area contributed by atoms with Gasteiger partial charge in [-0.3, -0.25) is 10.2 Å².